The number of methoxy groups -OCH3 is 1. The number of hydrogen-bond donors (Lipinski definition) is 2. The first-order valence-electron chi connectivity index (χ1n) is 8.89. The number of rotatable bonds is 7. The zero-order valence-electron chi connectivity index (χ0n) is 14.5. The van der Waals surface area contributed by atoms with Crippen LogP contribution in [0.2, 0.25) is 0 Å². The van der Waals surface area contributed by atoms with Gasteiger partial charge in [0.05, 0.1) is 0 Å². The van der Waals surface area contributed by atoms with Gasteiger partial charge >= 0.3 is 0 Å². The van der Waals surface area contributed by atoms with Crippen LogP contribution in [0.25, 0.3) is 0 Å². The molecule has 0 bridgehead atoms. The van der Waals surface area contributed by atoms with E-state index in [9.17, 15) is 9.59 Å². The molecular weight excluding hydrogens is 304 g/mol. The minimum Gasteiger partial charge on any atom is -0.385 e. The van der Waals surface area contributed by atoms with Crippen LogP contribution in [0, 0.1) is 0 Å². The molecule has 1 saturated carbocycles. The smallest absolute Gasteiger partial charge is 0.251 e. The van der Waals surface area contributed by atoms with Gasteiger partial charge in [-0.15, -0.1) is 0 Å². The molecule has 1 aliphatic rings. The van der Waals surface area contributed by atoms with Crippen molar-refractivity contribution in [2.24, 2.45) is 0 Å². The van der Waals surface area contributed by atoms with E-state index in [2.05, 4.69) is 10.6 Å². The molecular formula is C19H28N2O3. The number of carbonyl (C=O) groups excluding carboxylic acids is 2. The first-order valence-corrected chi connectivity index (χ1v) is 8.89. The molecule has 2 N–H and O–H groups in total. The van der Waals surface area contributed by atoms with E-state index >= 15 is 0 Å². The van der Waals surface area contributed by atoms with Crippen LogP contribution in [0.3, 0.4) is 0 Å². The molecule has 1 aromatic carbocycles. The van der Waals surface area contributed by atoms with Crippen molar-refractivity contribution in [1.29, 1.82) is 0 Å². The van der Waals surface area contributed by atoms with Gasteiger partial charge < -0.3 is 15.4 Å². The van der Waals surface area contributed by atoms with Crippen LogP contribution in [0.4, 0.5) is 0 Å². The molecule has 0 heterocycles. The van der Waals surface area contributed by atoms with Gasteiger partial charge in [-0.1, -0.05) is 25.7 Å². The van der Waals surface area contributed by atoms with Crippen LogP contribution in [0.5, 0.6) is 0 Å². The van der Waals surface area contributed by atoms with E-state index in [0.717, 1.165) is 19.3 Å². The van der Waals surface area contributed by atoms with E-state index in [-0.39, 0.29) is 17.9 Å². The Labute approximate surface area is 144 Å². The fraction of sp³-hybridized carbons (Fsp3) is 0.579. The summed E-state index contributed by atoms with van der Waals surface area (Å²) in [5.74, 6) is -0.171. The van der Waals surface area contributed by atoms with Gasteiger partial charge in [-0.3, -0.25) is 9.59 Å². The van der Waals surface area contributed by atoms with Crippen LogP contribution in [0.1, 0.15) is 65.7 Å². The Balaban J connectivity index is 1.83. The van der Waals surface area contributed by atoms with Gasteiger partial charge in [-0.05, 0) is 43.5 Å². The maximum Gasteiger partial charge on any atom is 0.251 e. The Morgan fingerprint density at radius 1 is 1.00 bits per heavy atom. The Morgan fingerprint density at radius 3 is 2.17 bits per heavy atom. The topological polar surface area (TPSA) is 67.4 Å². The molecule has 5 nitrogen and oxygen atoms in total. The molecule has 0 aliphatic heterocycles. The van der Waals surface area contributed by atoms with E-state index in [4.69, 9.17) is 4.74 Å². The number of nitrogens with one attached hydrogen (secondary N) is 2. The summed E-state index contributed by atoms with van der Waals surface area (Å²) in [5, 5.41) is 5.95. The molecule has 1 aromatic rings. The predicted octanol–water partition coefficient (Wildman–Crippen LogP) is 2.91. The highest BCUT2D eigenvalue weighted by Crippen LogP contribution is 2.17. The van der Waals surface area contributed by atoms with Gasteiger partial charge in [0.2, 0.25) is 0 Å². The average Bonchev–Trinajstić information content (AvgIpc) is 2.87. The molecule has 132 valence electrons. The normalized spacial score (nSPS) is 15.5. The Bertz CT molecular complexity index is 520. The van der Waals surface area contributed by atoms with Gasteiger partial charge in [0.1, 0.15) is 0 Å². The number of amides is 2. The molecule has 0 spiro atoms. The second kappa shape index (κ2) is 10.1. The zero-order valence-corrected chi connectivity index (χ0v) is 14.5. The summed E-state index contributed by atoms with van der Waals surface area (Å²) in [6.45, 7) is 1.21. The van der Waals surface area contributed by atoms with Gasteiger partial charge in [-0.2, -0.15) is 0 Å². The van der Waals surface area contributed by atoms with Crippen molar-refractivity contribution in [3.05, 3.63) is 35.4 Å². The summed E-state index contributed by atoms with van der Waals surface area (Å²) < 4.78 is 4.95. The van der Waals surface area contributed by atoms with Gasteiger partial charge in [0, 0.05) is 37.4 Å². The van der Waals surface area contributed by atoms with E-state index < -0.39 is 0 Å². The summed E-state index contributed by atoms with van der Waals surface area (Å²) in [6, 6.07) is 7.12. The van der Waals surface area contributed by atoms with Gasteiger partial charge in [0.25, 0.3) is 11.8 Å². The first kappa shape index (κ1) is 18.5. The van der Waals surface area contributed by atoms with E-state index in [1.54, 1.807) is 31.4 Å². The van der Waals surface area contributed by atoms with Crippen LogP contribution in [-0.4, -0.2) is 38.1 Å². The fourth-order valence-electron chi connectivity index (χ4n) is 2.99. The third-order valence-electron chi connectivity index (χ3n) is 4.41. The summed E-state index contributed by atoms with van der Waals surface area (Å²) >= 11 is 0. The largest absolute Gasteiger partial charge is 0.385 e. The maximum absolute atomic E-state index is 12.3. The van der Waals surface area contributed by atoms with E-state index in [0.29, 0.717) is 24.3 Å². The Morgan fingerprint density at radius 2 is 1.58 bits per heavy atom. The summed E-state index contributed by atoms with van der Waals surface area (Å²) in [4.78, 5) is 24.3. The van der Waals surface area contributed by atoms with Gasteiger partial charge in [0.15, 0.2) is 0 Å². The fourth-order valence-corrected chi connectivity index (χ4v) is 2.99. The average molecular weight is 332 g/mol. The third-order valence-corrected chi connectivity index (χ3v) is 4.41. The summed E-state index contributed by atoms with van der Waals surface area (Å²) in [5.41, 5.74) is 1.17. The molecule has 2 amide bonds. The number of benzene rings is 1. The van der Waals surface area contributed by atoms with Crippen molar-refractivity contribution in [2.45, 2.75) is 51.0 Å². The first-order chi connectivity index (χ1) is 11.7. The molecule has 5 heteroatoms. The lowest BCUT2D eigenvalue weighted by atomic mass is 10.1. The number of hydrogen-bond acceptors (Lipinski definition) is 3. The van der Waals surface area contributed by atoms with Crippen molar-refractivity contribution in [3.63, 3.8) is 0 Å². The van der Waals surface area contributed by atoms with Crippen LogP contribution in [0.15, 0.2) is 24.3 Å². The van der Waals surface area contributed by atoms with Crippen molar-refractivity contribution >= 4 is 11.8 Å². The highest BCUT2D eigenvalue weighted by atomic mass is 16.5. The lowest BCUT2D eigenvalue weighted by molar-refractivity contribution is 0.0926. The second-order valence-corrected chi connectivity index (χ2v) is 6.34. The molecule has 24 heavy (non-hydrogen) atoms. The maximum atomic E-state index is 12.3. The standard InChI is InChI=1S/C19H28N2O3/c1-24-14-6-13-20-18(22)15-9-11-16(12-10-15)19(23)21-17-7-4-2-3-5-8-17/h9-12,17H,2-8,13-14H2,1H3,(H,20,22)(H,21,23). The zero-order chi connectivity index (χ0) is 17.2. The highest BCUT2D eigenvalue weighted by Gasteiger charge is 2.16. The van der Waals surface area contributed by atoms with Crippen molar-refractivity contribution in [3.8, 4) is 0 Å². The predicted molar refractivity (Wildman–Crippen MR) is 94.2 cm³/mol. The molecule has 0 atom stereocenters. The lowest BCUT2D eigenvalue weighted by Gasteiger charge is -2.16. The molecule has 1 fully saturated rings. The summed E-state index contributed by atoms with van der Waals surface area (Å²) in [7, 11) is 1.64. The molecule has 0 radical (unpaired) electrons. The van der Waals surface area contributed by atoms with E-state index in [1.807, 2.05) is 0 Å². The van der Waals surface area contributed by atoms with Crippen molar-refractivity contribution in [1.82, 2.24) is 10.6 Å². The molecule has 0 unspecified atom stereocenters. The van der Waals surface area contributed by atoms with Gasteiger partial charge in [-0.25, -0.2) is 0 Å². The van der Waals surface area contributed by atoms with Crippen LogP contribution < -0.4 is 10.6 Å². The SMILES string of the molecule is COCCCNC(=O)c1ccc(C(=O)NC2CCCCCC2)cc1. The molecule has 1 aliphatic carbocycles. The van der Waals surface area contributed by atoms with Crippen LogP contribution in [-0.2, 0) is 4.74 Å². The van der Waals surface area contributed by atoms with E-state index in [1.165, 1.54) is 25.7 Å². The minimum absolute atomic E-state index is 0.0473. The third kappa shape index (κ3) is 5.96. The highest BCUT2D eigenvalue weighted by molar-refractivity contribution is 5.97. The molecule has 0 aromatic heterocycles. The Hall–Kier alpha value is -1.88. The van der Waals surface area contributed by atoms with Crippen LogP contribution >= 0.6 is 0 Å². The minimum atomic E-state index is -0.123. The number of ether oxygens (including phenoxy) is 1. The molecule has 2 rings (SSSR count). The number of carbonyl (C=O) groups is 2. The quantitative estimate of drug-likeness (QED) is 0.596. The summed E-state index contributed by atoms with van der Waals surface area (Å²) in [6.07, 6.45) is 7.81. The molecule has 0 saturated heterocycles. The van der Waals surface area contributed by atoms with Crippen molar-refractivity contribution in [2.75, 3.05) is 20.3 Å². The van der Waals surface area contributed by atoms with Crippen molar-refractivity contribution < 1.29 is 14.3 Å². The Kier molecular flexibility index (Phi) is 7.75. The second-order valence-electron chi connectivity index (χ2n) is 6.34. The monoisotopic (exact) mass is 332 g/mol. The lowest BCUT2D eigenvalue weighted by Crippen LogP contribution is -2.34.